The lowest BCUT2D eigenvalue weighted by Gasteiger charge is -2.12. The van der Waals surface area contributed by atoms with Gasteiger partial charge in [0, 0.05) is 6.07 Å². The summed E-state index contributed by atoms with van der Waals surface area (Å²) in [4.78, 5) is 0. The van der Waals surface area contributed by atoms with E-state index in [0.29, 0.717) is 6.61 Å². The van der Waals surface area contributed by atoms with Crippen LogP contribution in [0.3, 0.4) is 0 Å². The fraction of sp³-hybridized carbons (Fsp3) is 0.286. The predicted octanol–water partition coefficient (Wildman–Crippen LogP) is 4.11. The Morgan fingerprint density at radius 2 is 2.18 bits per heavy atom. The van der Waals surface area contributed by atoms with Gasteiger partial charge in [-0.05, 0) is 46.5 Å². The summed E-state index contributed by atoms with van der Waals surface area (Å²) in [6.07, 6.45) is 8.57. The molecule has 2 nitrogen and oxygen atoms in total. The van der Waals surface area contributed by atoms with Crippen LogP contribution in [0.1, 0.15) is 12.8 Å². The third kappa shape index (κ3) is 3.37. The van der Waals surface area contributed by atoms with Crippen molar-refractivity contribution in [3.8, 4) is 11.5 Å². The number of ether oxygens (including phenoxy) is 2. The van der Waals surface area contributed by atoms with Crippen LogP contribution >= 0.6 is 15.9 Å². The van der Waals surface area contributed by atoms with Gasteiger partial charge in [-0.2, -0.15) is 0 Å². The first-order valence-corrected chi connectivity index (χ1v) is 6.38. The van der Waals surface area contributed by atoms with E-state index in [1.54, 1.807) is 7.11 Å². The molecule has 3 heteroatoms. The van der Waals surface area contributed by atoms with E-state index in [2.05, 4.69) is 34.2 Å². The Morgan fingerprint density at radius 3 is 2.88 bits per heavy atom. The standard InChI is InChI=1S/C14H15BrO2/c1-16-12-7-8-13(15)14(9-12)17-10-11-5-3-2-4-6-11/h2-3,6-9H,4-5,10H2,1H3. The molecule has 0 spiro atoms. The lowest BCUT2D eigenvalue weighted by atomic mass is 10.1. The Balaban J connectivity index is 2.00. The lowest BCUT2D eigenvalue weighted by molar-refractivity contribution is 0.342. The van der Waals surface area contributed by atoms with Crippen LogP contribution in [0.2, 0.25) is 0 Å². The molecule has 0 heterocycles. The number of methoxy groups -OCH3 is 1. The van der Waals surface area contributed by atoms with Crippen LogP contribution in [0.15, 0.2) is 46.5 Å². The van der Waals surface area contributed by atoms with Crippen molar-refractivity contribution in [1.82, 2.24) is 0 Å². The second-order valence-corrected chi connectivity index (χ2v) is 4.71. The van der Waals surface area contributed by atoms with Crippen molar-refractivity contribution in [3.05, 3.63) is 46.5 Å². The molecule has 0 amide bonds. The molecule has 1 aromatic carbocycles. The van der Waals surface area contributed by atoms with Gasteiger partial charge in [-0.3, -0.25) is 0 Å². The summed E-state index contributed by atoms with van der Waals surface area (Å²) < 4.78 is 11.9. The van der Waals surface area contributed by atoms with Crippen LogP contribution in [-0.4, -0.2) is 13.7 Å². The molecule has 1 aliphatic carbocycles. The summed E-state index contributed by atoms with van der Waals surface area (Å²) in [5.74, 6) is 1.63. The molecule has 0 bridgehead atoms. The van der Waals surface area contributed by atoms with E-state index >= 15 is 0 Å². The van der Waals surface area contributed by atoms with Crippen LogP contribution in [0.25, 0.3) is 0 Å². The highest BCUT2D eigenvalue weighted by atomic mass is 79.9. The first kappa shape index (κ1) is 12.2. The number of rotatable bonds is 4. The minimum atomic E-state index is 0.635. The number of benzene rings is 1. The summed E-state index contributed by atoms with van der Waals surface area (Å²) >= 11 is 3.47. The molecule has 0 saturated carbocycles. The van der Waals surface area contributed by atoms with Crippen molar-refractivity contribution in [2.45, 2.75) is 12.8 Å². The third-order valence-corrected chi connectivity index (χ3v) is 3.30. The smallest absolute Gasteiger partial charge is 0.137 e. The minimum Gasteiger partial charge on any atom is -0.497 e. The topological polar surface area (TPSA) is 18.5 Å². The van der Waals surface area contributed by atoms with E-state index in [1.807, 2.05) is 18.2 Å². The quantitative estimate of drug-likeness (QED) is 0.778. The lowest BCUT2D eigenvalue weighted by Crippen LogP contribution is -2.03. The van der Waals surface area contributed by atoms with E-state index in [0.717, 1.165) is 28.8 Å². The van der Waals surface area contributed by atoms with Crippen molar-refractivity contribution in [2.75, 3.05) is 13.7 Å². The molecule has 0 unspecified atom stereocenters. The average molecular weight is 295 g/mol. The molecular formula is C14H15BrO2. The molecule has 0 N–H and O–H groups in total. The fourth-order valence-corrected chi connectivity index (χ4v) is 2.02. The monoisotopic (exact) mass is 294 g/mol. The molecule has 0 aliphatic heterocycles. The van der Waals surface area contributed by atoms with E-state index in [1.165, 1.54) is 5.57 Å². The van der Waals surface area contributed by atoms with Gasteiger partial charge in [0.1, 0.15) is 18.1 Å². The van der Waals surface area contributed by atoms with Gasteiger partial charge in [0.2, 0.25) is 0 Å². The number of halogens is 1. The van der Waals surface area contributed by atoms with Crippen molar-refractivity contribution < 1.29 is 9.47 Å². The number of hydrogen-bond acceptors (Lipinski definition) is 2. The van der Waals surface area contributed by atoms with Gasteiger partial charge >= 0.3 is 0 Å². The van der Waals surface area contributed by atoms with E-state index in [-0.39, 0.29) is 0 Å². The Hall–Kier alpha value is -1.22. The van der Waals surface area contributed by atoms with Crippen LogP contribution < -0.4 is 9.47 Å². The molecule has 2 rings (SSSR count). The van der Waals surface area contributed by atoms with Crippen molar-refractivity contribution >= 4 is 15.9 Å². The van der Waals surface area contributed by atoms with Crippen LogP contribution in [0.5, 0.6) is 11.5 Å². The largest absolute Gasteiger partial charge is 0.497 e. The maximum Gasteiger partial charge on any atom is 0.137 e. The average Bonchev–Trinajstić information content (AvgIpc) is 2.39. The third-order valence-electron chi connectivity index (χ3n) is 2.64. The second kappa shape index (κ2) is 5.92. The Labute approximate surface area is 110 Å². The molecule has 0 saturated heterocycles. The zero-order chi connectivity index (χ0) is 12.1. The van der Waals surface area contributed by atoms with Gasteiger partial charge in [-0.1, -0.05) is 18.2 Å². The normalized spacial score (nSPS) is 14.4. The fourth-order valence-electron chi connectivity index (χ4n) is 1.66. The highest BCUT2D eigenvalue weighted by molar-refractivity contribution is 9.10. The molecular weight excluding hydrogens is 280 g/mol. The number of hydrogen-bond donors (Lipinski definition) is 0. The molecule has 17 heavy (non-hydrogen) atoms. The van der Waals surface area contributed by atoms with Gasteiger partial charge < -0.3 is 9.47 Å². The molecule has 1 aromatic rings. The maximum atomic E-state index is 5.79. The summed E-state index contributed by atoms with van der Waals surface area (Å²) in [6, 6.07) is 5.73. The summed E-state index contributed by atoms with van der Waals surface area (Å²) in [5.41, 5.74) is 1.32. The highest BCUT2D eigenvalue weighted by Gasteiger charge is 2.05. The molecule has 1 aliphatic rings. The summed E-state index contributed by atoms with van der Waals surface area (Å²) in [5, 5.41) is 0. The summed E-state index contributed by atoms with van der Waals surface area (Å²) in [6.45, 7) is 0.635. The molecule has 0 fully saturated rings. The Morgan fingerprint density at radius 1 is 1.29 bits per heavy atom. The minimum absolute atomic E-state index is 0.635. The van der Waals surface area contributed by atoms with Crippen molar-refractivity contribution in [2.24, 2.45) is 0 Å². The zero-order valence-electron chi connectivity index (χ0n) is 9.78. The van der Waals surface area contributed by atoms with Crippen LogP contribution in [-0.2, 0) is 0 Å². The molecule has 90 valence electrons. The van der Waals surface area contributed by atoms with Crippen LogP contribution in [0, 0.1) is 0 Å². The first-order valence-electron chi connectivity index (χ1n) is 5.59. The predicted molar refractivity (Wildman–Crippen MR) is 72.6 cm³/mol. The SMILES string of the molecule is COc1ccc(Br)c(OCC2=CCC=CC2)c1. The first-order chi connectivity index (χ1) is 8.29. The molecule has 0 radical (unpaired) electrons. The highest BCUT2D eigenvalue weighted by Crippen LogP contribution is 2.29. The van der Waals surface area contributed by atoms with E-state index < -0.39 is 0 Å². The van der Waals surface area contributed by atoms with Crippen molar-refractivity contribution in [1.29, 1.82) is 0 Å². The van der Waals surface area contributed by atoms with Crippen LogP contribution in [0.4, 0.5) is 0 Å². The molecule has 0 aromatic heterocycles. The van der Waals surface area contributed by atoms with Gasteiger partial charge in [-0.15, -0.1) is 0 Å². The van der Waals surface area contributed by atoms with Gasteiger partial charge in [0.05, 0.1) is 11.6 Å². The maximum absolute atomic E-state index is 5.79. The van der Waals surface area contributed by atoms with Gasteiger partial charge in [0.25, 0.3) is 0 Å². The Kier molecular flexibility index (Phi) is 4.26. The second-order valence-electron chi connectivity index (χ2n) is 3.86. The van der Waals surface area contributed by atoms with Gasteiger partial charge in [-0.25, -0.2) is 0 Å². The number of allylic oxidation sites excluding steroid dienone is 3. The van der Waals surface area contributed by atoms with E-state index in [4.69, 9.17) is 9.47 Å². The Bertz CT molecular complexity index is 450. The zero-order valence-corrected chi connectivity index (χ0v) is 11.4. The van der Waals surface area contributed by atoms with Gasteiger partial charge in [0.15, 0.2) is 0 Å². The van der Waals surface area contributed by atoms with Crippen molar-refractivity contribution in [3.63, 3.8) is 0 Å². The van der Waals surface area contributed by atoms with E-state index in [9.17, 15) is 0 Å². The summed E-state index contributed by atoms with van der Waals surface area (Å²) in [7, 11) is 1.65. The molecule has 0 atom stereocenters.